The minimum Gasteiger partial charge on any atom is -0.375 e. The van der Waals surface area contributed by atoms with Crippen LogP contribution < -0.4 is 21.4 Å². The summed E-state index contributed by atoms with van der Waals surface area (Å²) in [6.45, 7) is 1.95. The van der Waals surface area contributed by atoms with Gasteiger partial charge in [0.25, 0.3) is 0 Å². The topological polar surface area (TPSA) is 65.7 Å². The molecule has 154 valence electrons. The first-order valence-electron chi connectivity index (χ1n) is 9.23. The van der Waals surface area contributed by atoms with Crippen LogP contribution in [0.1, 0.15) is 24.0 Å². The molecule has 1 heterocycles. The number of hydrogen-bond acceptors (Lipinski definition) is 4. The number of halogens is 3. The van der Waals surface area contributed by atoms with Crippen molar-refractivity contribution in [3.05, 3.63) is 64.2 Å². The number of thiocarbonyl (C=S) groups is 1. The standard InChI is InChI=1S/C20H22ClF2N5S/c21-16-4-2-1-3-13(16)11-25-15-5-7-28(8-6-15)19-10-17(22)14(9-18(19)23)12-26-27-20(24)29/h1-4,9-10,12,15,25H,5-8,11H2,(H3,24,27,29)/b26-12+. The van der Waals surface area contributed by atoms with Gasteiger partial charge < -0.3 is 16.0 Å². The van der Waals surface area contributed by atoms with Gasteiger partial charge in [0.05, 0.1) is 11.9 Å². The van der Waals surface area contributed by atoms with Gasteiger partial charge in [-0.2, -0.15) is 5.10 Å². The van der Waals surface area contributed by atoms with Crippen LogP contribution in [0.4, 0.5) is 14.5 Å². The fourth-order valence-electron chi connectivity index (χ4n) is 3.28. The number of piperidine rings is 1. The van der Waals surface area contributed by atoms with Gasteiger partial charge in [-0.1, -0.05) is 29.8 Å². The predicted octanol–water partition coefficient (Wildman–Crippen LogP) is 3.54. The quantitative estimate of drug-likeness (QED) is 0.366. The van der Waals surface area contributed by atoms with Gasteiger partial charge in [0, 0.05) is 42.3 Å². The number of anilines is 1. The molecule has 1 fully saturated rings. The molecule has 3 rings (SSSR count). The van der Waals surface area contributed by atoms with Gasteiger partial charge in [-0.3, -0.25) is 5.43 Å². The van der Waals surface area contributed by atoms with Crippen molar-refractivity contribution >= 4 is 40.8 Å². The number of nitrogens with zero attached hydrogens (tertiary/aromatic N) is 2. The molecule has 5 nitrogen and oxygen atoms in total. The van der Waals surface area contributed by atoms with Gasteiger partial charge in [0.15, 0.2) is 5.11 Å². The van der Waals surface area contributed by atoms with Crippen molar-refractivity contribution in [1.29, 1.82) is 0 Å². The van der Waals surface area contributed by atoms with E-state index in [1.807, 2.05) is 29.2 Å². The monoisotopic (exact) mass is 437 g/mol. The second-order valence-electron chi connectivity index (χ2n) is 6.79. The van der Waals surface area contributed by atoms with E-state index in [9.17, 15) is 8.78 Å². The molecule has 29 heavy (non-hydrogen) atoms. The van der Waals surface area contributed by atoms with Crippen molar-refractivity contribution in [1.82, 2.24) is 10.7 Å². The van der Waals surface area contributed by atoms with Crippen LogP contribution in [-0.4, -0.2) is 30.5 Å². The Morgan fingerprint density at radius 3 is 2.66 bits per heavy atom. The predicted molar refractivity (Wildman–Crippen MR) is 117 cm³/mol. The molecule has 0 spiro atoms. The molecule has 0 unspecified atom stereocenters. The zero-order chi connectivity index (χ0) is 20.8. The van der Waals surface area contributed by atoms with E-state index in [2.05, 4.69) is 28.1 Å². The number of benzene rings is 2. The highest BCUT2D eigenvalue weighted by Gasteiger charge is 2.22. The van der Waals surface area contributed by atoms with Crippen molar-refractivity contribution in [3.8, 4) is 0 Å². The number of hydrogen-bond donors (Lipinski definition) is 3. The zero-order valence-corrected chi connectivity index (χ0v) is 17.2. The van der Waals surface area contributed by atoms with Gasteiger partial charge in [-0.15, -0.1) is 0 Å². The summed E-state index contributed by atoms with van der Waals surface area (Å²) in [5.74, 6) is -1.06. The van der Waals surface area contributed by atoms with Crippen LogP contribution >= 0.6 is 23.8 Å². The first kappa shape index (κ1) is 21.4. The average Bonchev–Trinajstić information content (AvgIpc) is 2.70. The molecular weight excluding hydrogens is 416 g/mol. The van der Waals surface area contributed by atoms with E-state index in [1.54, 1.807) is 0 Å². The molecule has 2 aromatic rings. The van der Waals surface area contributed by atoms with E-state index in [4.69, 9.17) is 17.3 Å². The van der Waals surface area contributed by atoms with Crippen LogP contribution in [0.25, 0.3) is 0 Å². The summed E-state index contributed by atoms with van der Waals surface area (Å²) in [6, 6.07) is 10.3. The molecule has 0 saturated carbocycles. The first-order valence-corrected chi connectivity index (χ1v) is 10.0. The molecule has 4 N–H and O–H groups in total. The fraction of sp³-hybridized carbons (Fsp3) is 0.300. The first-order chi connectivity index (χ1) is 13.9. The summed E-state index contributed by atoms with van der Waals surface area (Å²) in [5, 5.41) is 7.85. The Morgan fingerprint density at radius 1 is 1.24 bits per heavy atom. The van der Waals surface area contributed by atoms with E-state index in [0.717, 1.165) is 35.7 Å². The largest absolute Gasteiger partial charge is 0.375 e. The average molecular weight is 438 g/mol. The summed E-state index contributed by atoms with van der Waals surface area (Å²) < 4.78 is 28.9. The Balaban J connectivity index is 1.57. The van der Waals surface area contributed by atoms with Crippen LogP contribution in [0.3, 0.4) is 0 Å². The lowest BCUT2D eigenvalue weighted by Crippen LogP contribution is -2.42. The molecule has 1 aliphatic heterocycles. The van der Waals surface area contributed by atoms with Crippen molar-refractivity contribution in [3.63, 3.8) is 0 Å². The maximum Gasteiger partial charge on any atom is 0.184 e. The van der Waals surface area contributed by atoms with E-state index in [-0.39, 0.29) is 16.4 Å². The van der Waals surface area contributed by atoms with E-state index < -0.39 is 11.6 Å². The zero-order valence-electron chi connectivity index (χ0n) is 15.7. The van der Waals surface area contributed by atoms with Crippen molar-refractivity contribution < 1.29 is 8.78 Å². The molecule has 1 saturated heterocycles. The lowest BCUT2D eigenvalue weighted by molar-refractivity contribution is 0.411. The SMILES string of the molecule is NC(=S)N/N=C/c1cc(F)c(N2CCC(NCc3ccccc3Cl)CC2)cc1F. The number of rotatable bonds is 6. The summed E-state index contributed by atoms with van der Waals surface area (Å²) in [6.07, 6.45) is 2.80. The maximum absolute atomic E-state index is 14.5. The maximum atomic E-state index is 14.5. The highest BCUT2D eigenvalue weighted by molar-refractivity contribution is 7.80. The van der Waals surface area contributed by atoms with E-state index in [0.29, 0.717) is 25.7 Å². The van der Waals surface area contributed by atoms with Crippen LogP contribution in [0.2, 0.25) is 5.02 Å². The summed E-state index contributed by atoms with van der Waals surface area (Å²) in [4.78, 5) is 1.86. The van der Waals surface area contributed by atoms with Gasteiger partial charge >= 0.3 is 0 Å². The minimum atomic E-state index is -0.561. The van der Waals surface area contributed by atoms with Crippen molar-refractivity contribution in [2.24, 2.45) is 10.8 Å². The minimum absolute atomic E-state index is 0.0197. The van der Waals surface area contributed by atoms with E-state index >= 15 is 0 Å². The molecule has 0 atom stereocenters. The summed E-state index contributed by atoms with van der Waals surface area (Å²) >= 11 is 10.8. The molecule has 2 aromatic carbocycles. The number of nitrogens with one attached hydrogen (secondary N) is 2. The number of hydrazone groups is 1. The lowest BCUT2D eigenvalue weighted by atomic mass is 10.0. The van der Waals surface area contributed by atoms with Gasteiger partial charge in [0.1, 0.15) is 11.6 Å². The third-order valence-electron chi connectivity index (χ3n) is 4.82. The van der Waals surface area contributed by atoms with E-state index in [1.165, 1.54) is 6.07 Å². The summed E-state index contributed by atoms with van der Waals surface area (Å²) in [5.41, 5.74) is 8.88. The molecule has 0 radical (unpaired) electrons. The van der Waals surface area contributed by atoms with Crippen molar-refractivity contribution in [2.45, 2.75) is 25.4 Å². The highest BCUT2D eigenvalue weighted by Crippen LogP contribution is 2.26. The fourth-order valence-corrected chi connectivity index (χ4v) is 3.53. The molecule has 9 heteroatoms. The lowest BCUT2D eigenvalue weighted by Gasteiger charge is -2.34. The molecule has 1 aliphatic rings. The summed E-state index contributed by atoms with van der Waals surface area (Å²) in [7, 11) is 0. The van der Waals surface area contributed by atoms with Crippen LogP contribution in [0, 0.1) is 11.6 Å². The Labute approximate surface area is 178 Å². The second-order valence-corrected chi connectivity index (χ2v) is 7.64. The Morgan fingerprint density at radius 2 is 1.97 bits per heavy atom. The number of nitrogens with two attached hydrogens (primary N) is 1. The molecule has 0 aliphatic carbocycles. The normalized spacial score (nSPS) is 15.1. The van der Waals surface area contributed by atoms with Crippen LogP contribution in [0.15, 0.2) is 41.5 Å². The molecular formula is C20H22ClF2N5S. The smallest absolute Gasteiger partial charge is 0.184 e. The van der Waals surface area contributed by atoms with Gasteiger partial charge in [0.2, 0.25) is 0 Å². The third-order valence-corrected chi connectivity index (χ3v) is 5.28. The molecule has 0 aromatic heterocycles. The van der Waals surface area contributed by atoms with Gasteiger partial charge in [-0.05, 0) is 42.8 Å². The molecule has 0 amide bonds. The van der Waals surface area contributed by atoms with Crippen LogP contribution in [-0.2, 0) is 6.54 Å². The Bertz CT molecular complexity index is 900. The van der Waals surface area contributed by atoms with Crippen molar-refractivity contribution in [2.75, 3.05) is 18.0 Å². The molecule has 0 bridgehead atoms. The van der Waals surface area contributed by atoms with Gasteiger partial charge in [-0.25, -0.2) is 8.78 Å². The van der Waals surface area contributed by atoms with Crippen LogP contribution in [0.5, 0.6) is 0 Å². The second kappa shape index (κ2) is 9.96. The Hall–Kier alpha value is -2.29. The Kier molecular flexibility index (Phi) is 7.35. The third kappa shape index (κ3) is 5.85. The highest BCUT2D eigenvalue weighted by atomic mass is 35.5.